The van der Waals surface area contributed by atoms with Crippen molar-refractivity contribution in [2.24, 2.45) is 0 Å². The summed E-state index contributed by atoms with van der Waals surface area (Å²) >= 11 is 0. The molecule has 0 unspecified atom stereocenters. The molecule has 0 aliphatic heterocycles. The van der Waals surface area contributed by atoms with Crippen LogP contribution in [0.4, 0.5) is 0 Å². The molecule has 1 aromatic heterocycles. The van der Waals surface area contributed by atoms with E-state index < -0.39 is 0 Å². The van der Waals surface area contributed by atoms with Crippen molar-refractivity contribution in [3.05, 3.63) is 40.3 Å². The zero-order chi connectivity index (χ0) is 9.52. The minimum atomic E-state index is 0.0454. The molecule has 0 fully saturated rings. The first-order valence-electron chi connectivity index (χ1n) is 4.78. The van der Waals surface area contributed by atoms with E-state index in [0.29, 0.717) is 0 Å². The van der Waals surface area contributed by atoms with Gasteiger partial charge in [-0.05, 0) is 25.0 Å². The zero-order valence-corrected chi connectivity index (χ0v) is 7.99. The van der Waals surface area contributed by atoms with Crippen LogP contribution in [0, 0.1) is 0 Å². The van der Waals surface area contributed by atoms with Gasteiger partial charge >= 0.3 is 0 Å². The van der Waals surface area contributed by atoms with Crippen LogP contribution in [-0.2, 0) is 6.42 Å². The summed E-state index contributed by atoms with van der Waals surface area (Å²) in [4.78, 5) is 15.3. The molecule has 0 N–H and O–H groups in total. The van der Waals surface area contributed by atoms with Gasteiger partial charge < -0.3 is 0 Å². The average Bonchev–Trinajstić information content (AvgIpc) is 2.31. The molecule has 0 aliphatic carbocycles. The van der Waals surface area contributed by atoms with E-state index in [2.05, 4.69) is 11.9 Å². The van der Waals surface area contributed by atoms with Gasteiger partial charge in [-0.1, -0.05) is 19.8 Å². The van der Waals surface area contributed by atoms with Crippen molar-refractivity contribution in [1.29, 1.82) is 0 Å². The highest BCUT2D eigenvalue weighted by Crippen LogP contribution is 2.00. The predicted molar refractivity (Wildman–Crippen MR) is 53.7 cm³/mol. The van der Waals surface area contributed by atoms with Crippen molar-refractivity contribution in [3.8, 4) is 0 Å². The Bertz CT molecular complexity index is 309. The predicted octanol–water partition coefficient (Wildman–Crippen LogP) is 2.17. The van der Waals surface area contributed by atoms with Gasteiger partial charge in [0.25, 0.3) is 0 Å². The van der Waals surface area contributed by atoms with E-state index in [9.17, 15) is 4.79 Å². The van der Waals surface area contributed by atoms with Crippen LogP contribution in [0.15, 0.2) is 29.2 Å². The molecule has 0 atom stereocenters. The van der Waals surface area contributed by atoms with Crippen LogP contribution in [0.3, 0.4) is 0 Å². The summed E-state index contributed by atoms with van der Waals surface area (Å²) < 4.78 is 0. The quantitative estimate of drug-likeness (QED) is 0.660. The molecule has 70 valence electrons. The molecule has 1 rings (SSSR count). The van der Waals surface area contributed by atoms with Crippen LogP contribution in [-0.4, -0.2) is 4.98 Å². The third-order valence-corrected chi connectivity index (χ3v) is 1.93. The summed E-state index contributed by atoms with van der Waals surface area (Å²) in [6.07, 6.45) is 6.12. The van der Waals surface area contributed by atoms with Crippen molar-refractivity contribution in [2.45, 2.75) is 32.6 Å². The standard InChI is InChI=1S/C11H15NO/c1-2-3-4-6-10-9-11(13)7-5-8-12-10/h5,7-9H,2-4,6H2,1H3. The monoisotopic (exact) mass is 177 g/mol. The van der Waals surface area contributed by atoms with Gasteiger partial charge in [-0.15, -0.1) is 0 Å². The number of unbranched alkanes of at least 4 members (excludes halogenated alkanes) is 2. The highest BCUT2D eigenvalue weighted by Gasteiger charge is 1.92. The minimum Gasteiger partial charge on any atom is -0.290 e. The molecule has 0 radical (unpaired) electrons. The van der Waals surface area contributed by atoms with E-state index in [4.69, 9.17) is 0 Å². The second kappa shape index (κ2) is 5.46. The molecule has 13 heavy (non-hydrogen) atoms. The lowest BCUT2D eigenvalue weighted by Crippen LogP contribution is -1.95. The number of nitrogens with zero attached hydrogens (tertiary/aromatic N) is 1. The molecule has 0 aliphatic rings. The van der Waals surface area contributed by atoms with Gasteiger partial charge in [-0.25, -0.2) is 0 Å². The molecule has 0 spiro atoms. The lowest BCUT2D eigenvalue weighted by molar-refractivity contribution is 0.708. The maximum absolute atomic E-state index is 11.1. The van der Waals surface area contributed by atoms with E-state index in [-0.39, 0.29) is 5.43 Å². The van der Waals surface area contributed by atoms with Gasteiger partial charge in [0.1, 0.15) is 0 Å². The fraction of sp³-hybridized carbons (Fsp3) is 0.455. The number of rotatable bonds is 4. The fourth-order valence-corrected chi connectivity index (χ4v) is 1.22. The Labute approximate surface area is 78.6 Å². The molecule has 1 aromatic rings. The van der Waals surface area contributed by atoms with Crippen LogP contribution < -0.4 is 5.43 Å². The number of aromatic nitrogens is 1. The zero-order valence-electron chi connectivity index (χ0n) is 7.99. The molecule has 0 aromatic carbocycles. The van der Waals surface area contributed by atoms with Crippen molar-refractivity contribution < 1.29 is 0 Å². The van der Waals surface area contributed by atoms with Gasteiger partial charge in [0.2, 0.25) is 0 Å². The van der Waals surface area contributed by atoms with Crippen molar-refractivity contribution in [3.63, 3.8) is 0 Å². The van der Waals surface area contributed by atoms with Crippen LogP contribution in [0.1, 0.15) is 31.9 Å². The maximum atomic E-state index is 11.1. The topological polar surface area (TPSA) is 30.0 Å². The van der Waals surface area contributed by atoms with Gasteiger partial charge in [-0.2, -0.15) is 0 Å². The van der Waals surface area contributed by atoms with Crippen LogP contribution in [0.5, 0.6) is 0 Å². The summed E-state index contributed by atoms with van der Waals surface area (Å²) in [5.74, 6) is 0. The molecular weight excluding hydrogens is 162 g/mol. The lowest BCUT2D eigenvalue weighted by Gasteiger charge is -1.94. The number of hydrogen-bond acceptors (Lipinski definition) is 2. The summed E-state index contributed by atoms with van der Waals surface area (Å²) in [6.45, 7) is 2.16. The van der Waals surface area contributed by atoms with Gasteiger partial charge in [-0.3, -0.25) is 9.78 Å². The Morgan fingerprint density at radius 2 is 2.23 bits per heavy atom. The number of aryl methyl sites for hydroxylation is 1. The second-order valence-corrected chi connectivity index (χ2v) is 3.13. The Balaban J connectivity index is 2.62. The Hall–Kier alpha value is -1.18. The third kappa shape index (κ3) is 3.83. The van der Waals surface area contributed by atoms with Crippen molar-refractivity contribution >= 4 is 0 Å². The summed E-state index contributed by atoms with van der Waals surface area (Å²) in [6, 6.07) is 4.84. The SMILES string of the molecule is CCCCCc1cc(=O)cccn1. The highest BCUT2D eigenvalue weighted by molar-refractivity contribution is 5.03. The van der Waals surface area contributed by atoms with Gasteiger partial charge in [0.05, 0.1) is 0 Å². The molecule has 0 bridgehead atoms. The van der Waals surface area contributed by atoms with E-state index in [1.165, 1.54) is 18.9 Å². The maximum Gasteiger partial charge on any atom is 0.180 e. The molecule has 0 amide bonds. The van der Waals surface area contributed by atoms with Crippen molar-refractivity contribution in [2.75, 3.05) is 0 Å². The first-order valence-corrected chi connectivity index (χ1v) is 4.78. The third-order valence-electron chi connectivity index (χ3n) is 1.93. The van der Waals surface area contributed by atoms with Gasteiger partial charge in [0, 0.05) is 18.0 Å². The summed E-state index contributed by atoms with van der Waals surface area (Å²) in [5, 5.41) is 0. The normalized spacial score (nSPS) is 9.92. The molecule has 2 heteroatoms. The van der Waals surface area contributed by atoms with Crippen LogP contribution in [0.2, 0.25) is 0 Å². The molecule has 0 saturated carbocycles. The molecular formula is C11H15NO. The van der Waals surface area contributed by atoms with Crippen LogP contribution in [0.25, 0.3) is 0 Å². The number of hydrogen-bond donors (Lipinski definition) is 0. The van der Waals surface area contributed by atoms with Crippen molar-refractivity contribution in [1.82, 2.24) is 4.98 Å². The first-order chi connectivity index (χ1) is 6.33. The van der Waals surface area contributed by atoms with E-state index in [1.54, 1.807) is 18.3 Å². The average molecular weight is 177 g/mol. The Morgan fingerprint density at radius 3 is 3.00 bits per heavy atom. The Morgan fingerprint density at radius 1 is 1.38 bits per heavy atom. The van der Waals surface area contributed by atoms with Crippen LogP contribution >= 0.6 is 0 Å². The summed E-state index contributed by atoms with van der Waals surface area (Å²) in [5.41, 5.74) is 0.951. The van der Waals surface area contributed by atoms with E-state index >= 15 is 0 Å². The molecule has 2 nitrogen and oxygen atoms in total. The minimum absolute atomic E-state index is 0.0454. The fourth-order valence-electron chi connectivity index (χ4n) is 1.22. The van der Waals surface area contributed by atoms with E-state index in [0.717, 1.165) is 18.5 Å². The summed E-state index contributed by atoms with van der Waals surface area (Å²) in [7, 11) is 0. The largest absolute Gasteiger partial charge is 0.290 e. The first kappa shape index (κ1) is 9.90. The lowest BCUT2D eigenvalue weighted by atomic mass is 10.1. The smallest absolute Gasteiger partial charge is 0.180 e. The highest BCUT2D eigenvalue weighted by atomic mass is 16.1. The van der Waals surface area contributed by atoms with Gasteiger partial charge in [0.15, 0.2) is 5.43 Å². The molecule has 0 saturated heterocycles. The molecule has 1 heterocycles. The Kier molecular flexibility index (Phi) is 4.16. The van der Waals surface area contributed by atoms with E-state index in [1.807, 2.05) is 0 Å². The second-order valence-electron chi connectivity index (χ2n) is 3.13.